The minimum Gasteiger partial charge on any atom is -0.466 e. The van der Waals surface area contributed by atoms with E-state index in [-0.39, 0.29) is 18.1 Å². The van der Waals surface area contributed by atoms with Crippen molar-refractivity contribution in [2.75, 3.05) is 6.61 Å². The molecule has 0 unspecified atom stereocenters. The monoisotopic (exact) mass is 326 g/mol. The second-order valence-corrected chi connectivity index (χ2v) is 5.47. The van der Waals surface area contributed by atoms with Crippen LogP contribution in [0.1, 0.15) is 13.3 Å². The number of ether oxygens (including phenoxy) is 1. The molecule has 0 atom stereocenters. The van der Waals surface area contributed by atoms with Crippen LogP contribution in [0.4, 0.5) is 0 Å². The zero-order valence-corrected chi connectivity index (χ0v) is 12.4. The first-order valence-electron chi connectivity index (χ1n) is 4.95. The molecule has 0 radical (unpaired) electrons. The first kappa shape index (κ1) is 15.6. The highest BCUT2D eigenvalue weighted by atomic mass is 35.5. The number of esters is 1. The molecule has 0 aliphatic heterocycles. The molecule has 0 saturated heterocycles. The van der Waals surface area contributed by atoms with Crippen LogP contribution in [0.5, 0.6) is 0 Å². The van der Waals surface area contributed by atoms with Crippen molar-refractivity contribution in [3.63, 3.8) is 0 Å². The van der Waals surface area contributed by atoms with Gasteiger partial charge < -0.3 is 4.74 Å². The first-order valence-corrected chi connectivity index (χ1v) is 6.90. The Bertz CT molecular complexity index is 477. The van der Waals surface area contributed by atoms with Gasteiger partial charge in [0.15, 0.2) is 0 Å². The summed E-state index contributed by atoms with van der Waals surface area (Å²) in [5.41, 5.74) is 0. The molecule has 0 spiro atoms. The second-order valence-electron chi connectivity index (χ2n) is 3.15. The fraction of sp³-hybridized carbons (Fsp3) is 0.273. The topological polar surface area (TPSA) is 43.4 Å². The lowest BCUT2D eigenvalue weighted by molar-refractivity contribution is -0.144. The average molecular weight is 328 g/mol. The Balaban J connectivity index is 2.70. The van der Waals surface area contributed by atoms with Gasteiger partial charge in [0.25, 0.3) is 0 Å². The number of halogens is 3. The van der Waals surface area contributed by atoms with E-state index < -0.39 is 5.97 Å². The maximum Gasteiger partial charge on any atom is 0.314 e. The Morgan fingerprint density at radius 2 is 1.78 bits per heavy atom. The Kier molecular flexibility index (Phi) is 6.29. The molecule has 0 saturated carbocycles. The lowest BCUT2D eigenvalue weighted by Gasteiger charge is -2.05. The van der Waals surface area contributed by atoms with Gasteiger partial charge in [-0.3, -0.25) is 9.59 Å². The van der Waals surface area contributed by atoms with E-state index in [9.17, 15) is 9.59 Å². The second kappa shape index (κ2) is 7.24. The van der Waals surface area contributed by atoms with E-state index in [1.165, 1.54) is 12.1 Å². The van der Waals surface area contributed by atoms with Crippen molar-refractivity contribution >= 4 is 57.6 Å². The number of rotatable bonds is 4. The molecular formula is C11H9Cl3O3S. The highest BCUT2D eigenvalue weighted by Gasteiger charge is 2.15. The van der Waals surface area contributed by atoms with Crippen molar-refractivity contribution in [1.29, 1.82) is 0 Å². The molecule has 0 N–H and O–H groups in total. The van der Waals surface area contributed by atoms with Crippen LogP contribution in [0.15, 0.2) is 17.0 Å². The number of thioether (sulfide) groups is 1. The number of hydrogen-bond acceptors (Lipinski definition) is 4. The minimum atomic E-state index is -0.564. The molecule has 1 aromatic carbocycles. The molecule has 18 heavy (non-hydrogen) atoms. The predicted molar refractivity (Wildman–Crippen MR) is 73.6 cm³/mol. The number of carbonyl (C=O) groups is 2. The number of benzene rings is 1. The molecule has 0 aliphatic carbocycles. The number of carbonyl (C=O) groups excluding carboxylic acids is 2. The molecule has 0 amide bonds. The molecule has 0 aliphatic rings. The van der Waals surface area contributed by atoms with Crippen LogP contribution in [-0.4, -0.2) is 17.7 Å². The summed E-state index contributed by atoms with van der Waals surface area (Å²) < 4.78 is 4.67. The van der Waals surface area contributed by atoms with Gasteiger partial charge in [0.2, 0.25) is 5.12 Å². The van der Waals surface area contributed by atoms with Gasteiger partial charge in [0.05, 0.1) is 21.7 Å². The standard InChI is InChI=1S/C11H9Cl3O3S/c1-2-17-10(15)5-11(16)18-9-4-7(13)6(12)3-8(9)14/h3-4H,2,5H2,1H3. The van der Waals surface area contributed by atoms with Crippen LogP contribution in [0, 0.1) is 0 Å². The summed E-state index contributed by atoms with van der Waals surface area (Å²) in [6, 6.07) is 2.94. The summed E-state index contributed by atoms with van der Waals surface area (Å²) in [6.45, 7) is 1.91. The van der Waals surface area contributed by atoms with Crippen LogP contribution in [0.2, 0.25) is 15.1 Å². The summed E-state index contributed by atoms with van der Waals surface area (Å²) in [5, 5.41) is 0.553. The summed E-state index contributed by atoms with van der Waals surface area (Å²) >= 11 is 18.3. The van der Waals surface area contributed by atoms with Crippen LogP contribution < -0.4 is 0 Å². The van der Waals surface area contributed by atoms with Gasteiger partial charge in [-0.05, 0) is 30.8 Å². The van der Waals surface area contributed by atoms with E-state index >= 15 is 0 Å². The van der Waals surface area contributed by atoms with Crippen LogP contribution in [0.3, 0.4) is 0 Å². The van der Waals surface area contributed by atoms with Crippen LogP contribution in [-0.2, 0) is 14.3 Å². The first-order chi connectivity index (χ1) is 8.43. The van der Waals surface area contributed by atoms with Crippen molar-refractivity contribution in [3.05, 3.63) is 27.2 Å². The average Bonchev–Trinajstić information content (AvgIpc) is 2.26. The van der Waals surface area contributed by atoms with Gasteiger partial charge in [-0.2, -0.15) is 0 Å². The third-order valence-corrected chi connectivity index (χ3v) is 3.87. The smallest absolute Gasteiger partial charge is 0.314 e. The van der Waals surface area contributed by atoms with Gasteiger partial charge in [0, 0.05) is 4.90 Å². The molecule has 0 aromatic heterocycles. The minimum absolute atomic E-state index is 0.240. The van der Waals surface area contributed by atoms with E-state index in [0.717, 1.165) is 11.8 Å². The number of hydrogen-bond donors (Lipinski definition) is 0. The lowest BCUT2D eigenvalue weighted by atomic mass is 10.4. The molecule has 0 heterocycles. The van der Waals surface area contributed by atoms with E-state index in [1.54, 1.807) is 6.92 Å². The van der Waals surface area contributed by atoms with E-state index in [4.69, 9.17) is 34.8 Å². The van der Waals surface area contributed by atoms with Crippen LogP contribution in [0.25, 0.3) is 0 Å². The third-order valence-electron chi connectivity index (χ3n) is 1.79. The molecule has 98 valence electrons. The summed E-state index contributed by atoms with van der Waals surface area (Å²) in [7, 11) is 0. The predicted octanol–water partition coefficient (Wildman–Crippen LogP) is 4.22. The van der Waals surface area contributed by atoms with E-state index in [1.807, 2.05) is 0 Å². The fourth-order valence-electron chi connectivity index (χ4n) is 1.07. The highest BCUT2D eigenvalue weighted by molar-refractivity contribution is 8.13. The third kappa shape index (κ3) is 4.69. The highest BCUT2D eigenvalue weighted by Crippen LogP contribution is 2.35. The molecule has 7 heteroatoms. The molecule has 0 bridgehead atoms. The van der Waals surface area contributed by atoms with Gasteiger partial charge in [0.1, 0.15) is 6.42 Å². The SMILES string of the molecule is CCOC(=O)CC(=O)Sc1cc(Cl)c(Cl)cc1Cl. The molecular weight excluding hydrogens is 319 g/mol. The van der Waals surface area contributed by atoms with Gasteiger partial charge in [-0.25, -0.2) is 0 Å². The molecule has 0 fully saturated rings. The van der Waals surface area contributed by atoms with Crippen molar-refractivity contribution in [3.8, 4) is 0 Å². The quantitative estimate of drug-likeness (QED) is 0.359. The van der Waals surface area contributed by atoms with Crippen molar-refractivity contribution in [2.45, 2.75) is 18.2 Å². The summed E-state index contributed by atoms with van der Waals surface area (Å²) in [6.07, 6.45) is -0.310. The maximum absolute atomic E-state index is 11.6. The summed E-state index contributed by atoms with van der Waals surface area (Å²) in [4.78, 5) is 23.1. The van der Waals surface area contributed by atoms with Crippen molar-refractivity contribution in [2.24, 2.45) is 0 Å². The van der Waals surface area contributed by atoms with Gasteiger partial charge >= 0.3 is 5.97 Å². The van der Waals surface area contributed by atoms with Crippen molar-refractivity contribution in [1.82, 2.24) is 0 Å². The Labute approximate surface area is 124 Å². The Hall–Kier alpha value is -0.420. The van der Waals surface area contributed by atoms with Gasteiger partial charge in [-0.15, -0.1) is 0 Å². The molecule has 1 rings (SSSR count). The van der Waals surface area contributed by atoms with Crippen molar-refractivity contribution < 1.29 is 14.3 Å². The van der Waals surface area contributed by atoms with E-state index in [2.05, 4.69) is 4.74 Å². The fourth-order valence-corrected chi connectivity index (χ4v) is 2.57. The lowest BCUT2D eigenvalue weighted by Crippen LogP contribution is -2.08. The largest absolute Gasteiger partial charge is 0.466 e. The summed E-state index contributed by atoms with van der Waals surface area (Å²) in [5.74, 6) is -0.564. The Morgan fingerprint density at radius 3 is 2.39 bits per heavy atom. The van der Waals surface area contributed by atoms with E-state index in [0.29, 0.717) is 20.0 Å². The zero-order valence-electron chi connectivity index (χ0n) is 9.34. The molecule has 3 nitrogen and oxygen atoms in total. The van der Waals surface area contributed by atoms with Gasteiger partial charge in [-0.1, -0.05) is 34.8 Å². The zero-order chi connectivity index (χ0) is 13.7. The molecule has 1 aromatic rings. The maximum atomic E-state index is 11.6. The van der Waals surface area contributed by atoms with Crippen LogP contribution >= 0.6 is 46.6 Å². The normalized spacial score (nSPS) is 10.2. The Morgan fingerprint density at radius 1 is 1.17 bits per heavy atom.